The van der Waals surface area contributed by atoms with Crippen LogP contribution in [0.2, 0.25) is 18.1 Å². The van der Waals surface area contributed by atoms with Gasteiger partial charge >= 0.3 is 5.97 Å². The molecule has 0 amide bonds. The Hall–Kier alpha value is -0.353. The Bertz CT molecular complexity index is 334. The molecule has 0 saturated carbocycles. The number of carbonyl (C=O) groups is 1. The largest absolute Gasteiger partial charge is 0.481 e. The lowest BCUT2D eigenvalue weighted by atomic mass is 9.98. The van der Waals surface area contributed by atoms with E-state index >= 15 is 0 Å². The summed E-state index contributed by atoms with van der Waals surface area (Å²) in [4.78, 5) is 11.1. The molecule has 1 unspecified atom stereocenters. The third-order valence-electron chi connectivity index (χ3n) is 5.42. The number of aliphatic carboxylic acids is 1. The van der Waals surface area contributed by atoms with Gasteiger partial charge in [-0.3, -0.25) is 4.79 Å². The van der Waals surface area contributed by atoms with E-state index in [0.29, 0.717) is 6.61 Å². The average Bonchev–Trinajstić information content (AvgIpc) is 2.45. The molecule has 0 aromatic rings. The summed E-state index contributed by atoms with van der Waals surface area (Å²) in [5.41, 5.74) is 0. The molecule has 0 fully saturated rings. The van der Waals surface area contributed by atoms with Crippen LogP contribution in [0.3, 0.4) is 0 Å². The first-order valence-corrected chi connectivity index (χ1v) is 12.9. The lowest BCUT2D eigenvalue weighted by Crippen LogP contribution is -2.42. The van der Waals surface area contributed by atoms with E-state index in [-0.39, 0.29) is 17.4 Å². The molecule has 0 spiro atoms. The van der Waals surface area contributed by atoms with E-state index in [9.17, 15) is 4.79 Å². The van der Waals surface area contributed by atoms with Gasteiger partial charge in [-0.2, -0.15) is 0 Å². The fourth-order valence-corrected chi connectivity index (χ4v) is 3.69. The van der Waals surface area contributed by atoms with Gasteiger partial charge in [-0.05, 0) is 30.5 Å². The van der Waals surface area contributed by atoms with Gasteiger partial charge in [0.05, 0.1) is 6.42 Å². The molecular formula is C20H42O3Si. The van der Waals surface area contributed by atoms with Crippen LogP contribution >= 0.6 is 0 Å². The van der Waals surface area contributed by atoms with Crippen LogP contribution in [-0.2, 0) is 9.22 Å². The summed E-state index contributed by atoms with van der Waals surface area (Å²) in [6.07, 6.45) is 11.5. The maximum atomic E-state index is 11.1. The quantitative estimate of drug-likeness (QED) is 0.280. The van der Waals surface area contributed by atoms with Crippen molar-refractivity contribution >= 4 is 14.3 Å². The van der Waals surface area contributed by atoms with Crippen molar-refractivity contribution in [2.45, 2.75) is 110 Å². The third-order valence-corrected chi connectivity index (χ3v) is 9.92. The van der Waals surface area contributed by atoms with E-state index in [2.05, 4.69) is 40.8 Å². The maximum Gasteiger partial charge on any atom is 0.303 e. The monoisotopic (exact) mass is 358 g/mol. The Morgan fingerprint density at radius 3 is 1.96 bits per heavy atom. The van der Waals surface area contributed by atoms with Gasteiger partial charge in [0.25, 0.3) is 0 Å². The average molecular weight is 359 g/mol. The minimum absolute atomic E-state index is 0.164. The molecule has 0 aromatic carbocycles. The summed E-state index contributed by atoms with van der Waals surface area (Å²) < 4.78 is 6.25. The summed E-state index contributed by atoms with van der Waals surface area (Å²) in [6, 6.07) is 0. The van der Waals surface area contributed by atoms with Gasteiger partial charge in [0.2, 0.25) is 0 Å². The van der Waals surface area contributed by atoms with Crippen molar-refractivity contribution in [2.24, 2.45) is 5.92 Å². The summed E-state index contributed by atoms with van der Waals surface area (Å²) in [5.74, 6) is -0.532. The van der Waals surface area contributed by atoms with Crippen LogP contribution < -0.4 is 0 Å². The highest BCUT2D eigenvalue weighted by atomic mass is 28.4. The molecule has 0 aliphatic carbocycles. The molecule has 3 nitrogen and oxygen atoms in total. The molecule has 0 aliphatic heterocycles. The molecule has 0 rings (SSSR count). The first-order chi connectivity index (χ1) is 11.1. The fourth-order valence-electron chi connectivity index (χ4n) is 2.60. The first kappa shape index (κ1) is 23.6. The maximum absolute atomic E-state index is 11.1. The van der Waals surface area contributed by atoms with Gasteiger partial charge in [0, 0.05) is 6.61 Å². The van der Waals surface area contributed by atoms with Gasteiger partial charge in [-0.15, -0.1) is 0 Å². The molecule has 4 heteroatoms. The number of carboxylic acids is 1. The van der Waals surface area contributed by atoms with Crippen LogP contribution in [0.15, 0.2) is 0 Å². The van der Waals surface area contributed by atoms with Crippen molar-refractivity contribution in [3.05, 3.63) is 0 Å². The molecule has 0 radical (unpaired) electrons. The van der Waals surface area contributed by atoms with E-state index in [0.717, 1.165) is 12.8 Å². The minimum Gasteiger partial charge on any atom is -0.481 e. The number of rotatable bonds is 14. The standard InChI is InChI=1S/C20H42O3Si/c1-7-8-9-10-11-12-13-14-15-18(16-19(21)22)17-23-24(5,6)20(2,3)4/h18H,7-17H2,1-6H3,(H,21,22). The normalized spacial score (nSPS) is 13.9. The summed E-state index contributed by atoms with van der Waals surface area (Å²) in [5, 5.41) is 9.33. The van der Waals surface area contributed by atoms with Crippen LogP contribution in [0.4, 0.5) is 0 Å². The second kappa shape index (κ2) is 12.1. The van der Waals surface area contributed by atoms with Crippen molar-refractivity contribution in [3.63, 3.8) is 0 Å². The highest BCUT2D eigenvalue weighted by molar-refractivity contribution is 6.74. The molecule has 144 valence electrons. The molecule has 0 aromatic heterocycles. The zero-order valence-electron chi connectivity index (χ0n) is 17.1. The van der Waals surface area contributed by atoms with Gasteiger partial charge in [-0.1, -0.05) is 79.1 Å². The van der Waals surface area contributed by atoms with Crippen molar-refractivity contribution in [2.75, 3.05) is 6.61 Å². The number of unbranched alkanes of at least 4 members (excludes halogenated alkanes) is 7. The van der Waals surface area contributed by atoms with Crippen LogP contribution in [0.5, 0.6) is 0 Å². The van der Waals surface area contributed by atoms with Crippen LogP contribution in [0, 0.1) is 5.92 Å². The molecule has 1 N–H and O–H groups in total. The lowest BCUT2D eigenvalue weighted by Gasteiger charge is -2.37. The van der Waals surface area contributed by atoms with E-state index in [1.165, 1.54) is 44.9 Å². The Morgan fingerprint density at radius 1 is 1.00 bits per heavy atom. The van der Waals surface area contributed by atoms with E-state index in [1.807, 2.05) is 0 Å². The van der Waals surface area contributed by atoms with Crippen LogP contribution in [-0.4, -0.2) is 26.0 Å². The zero-order valence-corrected chi connectivity index (χ0v) is 18.1. The van der Waals surface area contributed by atoms with E-state index in [1.54, 1.807) is 0 Å². The number of hydrogen-bond acceptors (Lipinski definition) is 2. The Kier molecular flexibility index (Phi) is 11.9. The smallest absolute Gasteiger partial charge is 0.303 e. The summed E-state index contributed by atoms with van der Waals surface area (Å²) in [6.45, 7) is 14.0. The van der Waals surface area contributed by atoms with Crippen molar-refractivity contribution in [1.29, 1.82) is 0 Å². The zero-order chi connectivity index (χ0) is 18.6. The van der Waals surface area contributed by atoms with Crippen molar-refractivity contribution in [1.82, 2.24) is 0 Å². The molecule has 0 heterocycles. The van der Waals surface area contributed by atoms with Gasteiger partial charge in [-0.25, -0.2) is 0 Å². The first-order valence-electron chi connectivity index (χ1n) is 9.96. The van der Waals surface area contributed by atoms with Crippen LogP contribution in [0.25, 0.3) is 0 Å². The molecule has 1 atom stereocenters. The second-order valence-corrected chi connectivity index (χ2v) is 13.6. The second-order valence-electron chi connectivity index (χ2n) is 8.80. The molecule has 0 bridgehead atoms. The van der Waals surface area contributed by atoms with E-state index in [4.69, 9.17) is 9.53 Å². The van der Waals surface area contributed by atoms with Crippen LogP contribution in [0.1, 0.15) is 91.9 Å². The summed E-state index contributed by atoms with van der Waals surface area (Å²) in [7, 11) is -1.78. The molecule has 0 saturated heterocycles. The highest BCUT2D eigenvalue weighted by Crippen LogP contribution is 2.37. The minimum atomic E-state index is -1.78. The van der Waals surface area contributed by atoms with Gasteiger partial charge in [0.1, 0.15) is 0 Å². The highest BCUT2D eigenvalue weighted by Gasteiger charge is 2.37. The van der Waals surface area contributed by atoms with Gasteiger partial charge in [0.15, 0.2) is 8.32 Å². The topological polar surface area (TPSA) is 46.5 Å². The van der Waals surface area contributed by atoms with Gasteiger partial charge < -0.3 is 9.53 Å². The third kappa shape index (κ3) is 11.2. The molecule has 24 heavy (non-hydrogen) atoms. The Labute approximate surface area is 151 Å². The number of hydrogen-bond donors (Lipinski definition) is 1. The molecule has 0 aliphatic rings. The Morgan fingerprint density at radius 2 is 1.50 bits per heavy atom. The fraction of sp³-hybridized carbons (Fsp3) is 0.950. The van der Waals surface area contributed by atoms with E-state index < -0.39 is 14.3 Å². The SMILES string of the molecule is CCCCCCCCCCC(CO[Si](C)(C)C(C)(C)C)CC(=O)O. The Balaban J connectivity index is 4.08. The van der Waals surface area contributed by atoms with Crippen molar-refractivity contribution in [3.8, 4) is 0 Å². The van der Waals surface area contributed by atoms with Crippen molar-refractivity contribution < 1.29 is 14.3 Å². The predicted octanol–water partition coefficient (Wildman–Crippen LogP) is 6.63. The number of carboxylic acid groups (broad SMARTS) is 1. The molecular weight excluding hydrogens is 316 g/mol. The lowest BCUT2D eigenvalue weighted by molar-refractivity contribution is -0.138. The summed E-state index contributed by atoms with van der Waals surface area (Å²) >= 11 is 0. The predicted molar refractivity (Wildman–Crippen MR) is 106 cm³/mol.